The van der Waals surface area contributed by atoms with Crippen LogP contribution >= 0.6 is 0 Å². The molecule has 0 aliphatic carbocycles. The number of hydrogen-bond acceptors (Lipinski definition) is 8. The second kappa shape index (κ2) is 11.0. The molecule has 1 saturated heterocycles. The predicted molar refractivity (Wildman–Crippen MR) is 146 cm³/mol. The van der Waals surface area contributed by atoms with E-state index in [0.29, 0.717) is 25.5 Å². The number of nitrogens with one attached hydrogen (secondary N) is 1. The van der Waals surface area contributed by atoms with Crippen molar-refractivity contribution >= 4 is 28.2 Å². The molecule has 0 bridgehead atoms. The van der Waals surface area contributed by atoms with Crippen LogP contribution in [0, 0.1) is 4.91 Å². The Bertz CT molecular complexity index is 1550. The Hall–Kier alpha value is -4.45. The largest absolute Gasteiger partial charge is 0.433 e. The van der Waals surface area contributed by atoms with E-state index in [-0.39, 0.29) is 29.0 Å². The Kier molecular flexibility index (Phi) is 7.44. The van der Waals surface area contributed by atoms with Gasteiger partial charge in [0.1, 0.15) is 17.1 Å². The van der Waals surface area contributed by atoms with Gasteiger partial charge in [-0.25, -0.2) is 4.98 Å². The SMILES string of the molecule is COC1CN(C(=O)c2ccc(Nc3cc4cc(-c5cnn(CC(C)(C)N=O)c5)ccc4cn3)c(OC(F)F)c2)C1. The number of anilines is 2. The zero-order chi connectivity index (χ0) is 28.4. The fraction of sp³-hybridized carbons (Fsp3) is 0.321. The van der Waals surface area contributed by atoms with Crippen LogP contribution in [0.4, 0.5) is 20.3 Å². The maximum atomic E-state index is 13.2. The molecule has 3 heterocycles. The van der Waals surface area contributed by atoms with Crippen LogP contribution in [0.1, 0.15) is 24.2 Å². The van der Waals surface area contributed by atoms with Crippen LogP contribution in [0.15, 0.2) is 66.2 Å². The van der Waals surface area contributed by atoms with E-state index in [2.05, 4.69) is 20.6 Å². The lowest BCUT2D eigenvalue weighted by molar-refractivity contribution is -0.0494. The minimum absolute atomic E-state index is 0.0238. The average molecular weight is 551 g/mol. The number of amides is 1. The summed E-state index contributed by atoms with van der Waals surface area (Å²) in [6.07, 6.45) is 5.21. The molecule has 1 aliphatic rings. The standard InChI is InChI=1S/C28H28F2N6O4/c1-28(2,34-38)16-36-13-21(12-32-36)17-4-5-19-11-31-25(10-20(19)8-17)33-23-7-6-18(9-24(23)40-27(29)30)26(37)35-14-22(15-35)39-3/h4-13,22,27H,14-16H2,1-3H3,(H,31,33). The van der Waals surface area contributed by atoms with Gasteiger partial charge in [-0.05, 0) is 55.1 Å². The lowest BCUT2D eigenvalue weighted by Gasteiger charge is -2.38. The first-order valence-electron chi connectivity index (χ1n) is 12.6. The van der Waals surface area contributed by atoms with Gasteiger partial charge in [-0.15, -0.1) is 0 Å². The minimum Gasteiger partial charge on any atom is -0.433 e. The molecule has 1 fully saturated rings. The van der Waals surface area contributed by atoms with Crippen LogP contribution in [0.3, 0.4) is 0 Å². The average Bonchev–Trinajstić information content (AvgIpc) is 3.36. The molecule has 2 aromatic heterocycles. The molecule has 0 unspecified atom stereocenters. The zero-order valence-electron chi connectivity index (χ0n) is 22.2. The highest BCUT2D eigenvalue weighted by atomic mass is 19.3. The summed E-state index contributed by atoms with van der Waals surface area (Å²) in [5, 5.41) is 12.2. The van der Waals surface area contributed by atoms with Gasteiger partial charge in [0.15, 0.2) is 0 Å². The molecule has 2 aromatic carbocycles. The first kappa shape index (κ1) is 27.1. The highest BCUT2D eigenvalue weighted by Crippen LogP contribution is 2.32. The molecule has 12 heteroatoms. The Morgan fingerprint density at radius 1 is 1.12 bits per heavy atom. The predicted octanol–water partition coefficient (Wildman–Crippen LogP) is 5.46. The molecule has 4 aromatic rings. The van der Waals surface area contributed by atoms with Crippen LogP contribution in [0.2, 0.25) is 0 Å². The van der Waals surface area contributed by atoms with Gasteiger partial charge in [0, 0.05) is 49.1 Å². The van der Waals surface area contributed by atoms with Gasteiger partial charge in [0.05, 0.1) is 24.5 Å². The number of fused-ring (bicyclic) bond motifs is 1. The summed E-state index contributed by atoms with van der Waals surface area (Å²) in [7, 11) is 1.58. The van der Waals surface area contributed by atoms with Crippen molar-refractivity contribution in [2.24, 2.45) is 5.18 Å². The van der Waals surface area contributed by atoms with Crippen LogP contribution in [0.25, 0.3) is 21.9 Å². The minimum atomic E-state index is -3.08. The maximum absolute atomic E-state index is 13.2. The number of alkyl halides is 2. The quantitative estimate of drug-likeness (QED) is 0.261. The van der Waals surface area contributed by atoms with Gasteiger partial charge >= 0.3 is 6.61 Å². The van der Waals surface area contributed by atoms with Crippen LogP contribution in [-0.2, 0) is 11.3 Å². The second-order valence-electron chi connectivity index (χ2n) is 10.2. The molecule has 5 rings (SSSR count). The Labute approximate surface area is 228 Å². The van der Waals surface area contributed by atoms with E-state index in [4.69, 9.17) is 9.47 Å². The molecule has 40 heavy (non-hydrogen) atoms. The summed E-state index contributed by atoms with van der Waals surface area (Å²) < 4.78 is 38.1. The number of benzene rings is 2. The van der Waals surface area contributed by atoms with Crippen molar-refractivity contribution in [3.05, 3.63) is 71.5 Å². The van der Waals surface area contributed by atoms with E-state index in [0.717, 1.165) is 21.9 Å². The van der Waals surface area contributed by atoms with Crippen molar-refractivity contribution < 1.29 is 23.0 Å². The molecule has 1 amide bonds. The molecule has 0 saturated carbocycles. The fourth-order valence-electron chi connectivity index (χ4n) is 4.44. The maximum Gasteiger partial charge on any atom is 0.387 e. The number of likely N-dealkylation sites (tertiary alicyclic amines) is 1. The Morgan fingerprint density at radius 3 is 2.65 bits per heavy atom. The number of carbonyl (C=O) groups is 1. The summed E-state index contributed by atoms with van der Waals surface area (Å²) in [5.41, 5.74) is 1.46. The smallest absolute Gasteiger partial charge is 0.387 e. The number of nitrogens with zero attached hydrogens (tertiary/aromatic N) is 5. The normalized spacial score (nSPS) is 13.9. The van der Waals surface area contributed by atoms with Gasteiger partial charge in [-0.3, -0.25) is 9.48 Å². The van der Waals surface area contributed by atoms with E-state index in [1.165, 1.54) is 12.1 Å². The van der Waals surface area contributed by atoms with Crippen LogP contribution < -0.4 is 10.1 Å². The monoisotopic (exact) mass is 550 g/mol. The molecule has 208 valence electrons. The molecular formula is C28H28F2N6O4. The number of rotatable bonds is 10. The third kappa shape index (κ3) is 5.91. The van der Waals surface area contributed by atoms with Crippen molar-refractivity contribution in [3.8, 4) is 16.9 Å². The fourth-order valence-corrected chi connectivity index (χ4v) is 4.44. The number of halogens is 2. The van der Waals surface area contributed by atoms with Gasteiger partial charge in [-0.2, -0.15) is 18.8 Å². The second-order valence-corrected chi connectivity index (χ2v) is 10.2. The Balaban J connectivity index is 1.38. The van der Waals surface area contributed by atoms with Gasteiger partial charge in [-0.1, -0.05) is 17.3 Å². The van der Waals surface area contributed by atoms with E-state index >= 15 is 0 Å². The highest BCUT2D eigenvalue weighted by molar-refractivity contribution is 5.96. The number of methoxy groups -OCH3 is 1. The summed E-state index contributed by atoms with van der Waals surface area (Å²) in [6, 6.07) is 12.0. The highest BCUT2D eigenvalue weighted by Gasteiger charge is 2.31. The number of carbonyl (C=O) groups excluding carboxylic acids is 1. The van der Waals surface area contributed by atoms with E-state index in [9.17, 15) is 18.5 Å². The first-order chi connectivity index (χ1) is 19.1. The summed E-state index contributed by atoms with van der Waals surface area (Å²) in [4.78, 5) is 29.8. The van der Waals surface area contributed by atoms with Crippen molar-refractivity contribution in [3.63, 3.8) is 0 Å². The third-order valence-corrected chi connectivity index (χ3v) is 6.66. The van der Waals surface area contributed by atoms with Gasteiger partial charge in [0.2, 0.25) is 0 Å². The van der Waals surface area contributed by atoms with Gasteiger partial charge < -0.3 is 19.7 Å². The summed E-state index contributed by atoms with van der Waals surface area (Å²) in [6.45, 7) is 1.64. The van der Waals surface area contributed by atoms with Crippen LogP contribution in [0.5, 0.6) is 5.75 Å². The van der Waals surface area contributed by atoms with E-state index in [1.807, 2.05) is 24.4 Å². The molecule has 1 N–H and O–H groups in total. The third-order valence-electron chi connectivity index (χ3n) is 6.66. The van der Waals surface area contributed by atoms with Crippen molar-refractivity contribution in [2.75, 3.05) is 25.5 Å². The molecule has 1 aliphatic heterocycles. The zero-order valence-corrected chi connectivity index (χ0v) is 22.2. The summed E-state index contributed by atoms with van der Waals surface area (Å²) >= 11 is 0. The number of aromatic nitrogens is 3. The Morgan fingerprint density at radius 2 is 1.93 bits per heavy atom. The van der Waals surface area contributed by atoms with Crippen molar-refractivity contribution in [2.45, 2.75) is 38.6 Å². The molecule has 10 nitrogen and oxygen atoms in total. The summed E-state index contributed by atoms with van der Waals surface area (Å²) in [5.74, 6) is -0.0480. The number of pyridine rings is 1. The van der Waals surface area contributed by atoms with Crippen LogP contribution in [-0.4, -0.2) is 64.0 Å². The molecular weight excluding hydrogens is 522 g/mol. The van der Waals surface area contributed by atoms with E-state index in [1.54, 1.807) is 55.1 Å². The van der Waals surface area contributed by atoms with E-state index < -0.39 is 12.2 Å². The number of hydrogen-bond donors (Lipinski definition) is 1. The topological polar surface area (TPSA) is 111 Å². The number of nitroso groups, excluding NO2 is 1. The molecule has 0 atom stereocenters. The molecule has 0 radical (unpaired) electrons. The number of ether oxygens (including phenoxy) is 2. The lowest BCUT2D eigenvalue weighted by atomic mass is 10.0. The molecule has 0 spiro atoms. The van der Waals surface area contributed by atoms with Crippen molar-refractivity contribution in [1.29, 1.82) is 0 Å². The lowest BCUT2D eigenvalue weighted by Crippen LogP contribution is -2.54. The van der Waals surface area contributed by atoms with Crippen molar-refractivity contribution in [1.82, 2.24) is 19.7 Å². The van der Waals surface area contributed by atoms with Gasteiger partial charge in [0.25, 0.3) is 5.91 Å². The first-order valence-corrected chi connectivity index (χ1v) is 12.6.